The molecule has 0 fully saturated rings. The maximum atomic E-state index is 13.4. The lowest BCUT2D eigenvalue weighted by Crippen LogP contribution is -2.50. The predicted molar refractivity (Wildman–Crippen MR) is 127 cm³/mol. The number of likely N-dealkylation sites (N-methyl/N-ethyl adjacent to an activating group) is 1. The Hall–Kier alpha value is -3.27. The van der Waals surface area contributed by atoms with Crippen LogP contribution in [-0.2, 0) is 26.2 Å². The molecule has 1 N–H and O–H groups in total. The fraction of sp³-hybridized carbons (Fsp3) is 0.391. The summed E-state index contributed by atoms with van der Waals surface area (Å²) < 4.78 is 36.8. The molecular weight excluding hydrogens is 446 g/mol. The molecule has 0 saturated carbocycles. The number of rotatable bonds is 10. The third kappa shape index (κ3) is 6.61. The highest BCUT2D eigenvalue weighted by atomic mass is 32.2. The van der Waals surface area contributed by atoms with Crippen molar-refractivity contribution in [2.24, 2.45) is 0 Å². The Kier molecular flexibility index (Phi) is 8.69. The summed E-state index contributed by atoms with van der Waals surface area (Å²) >= 11 is 0. The van der Waals surface area contributed by atoms with E-state index < -0.39 is 28.5 Å². The van der Waals surface area contributed by atoms with E-state index in [9.17, 15) is 18.0 Å². The van der Waals surface area contributed by atoms with Gasteiger partial charge in [-0.2, -0.15) is 0 Å². The van der Waals surface area contributed by atoms with Crippen LogP contribution in [0.15, 0.2) is 42.5 Å². The smallest absolute Gasteiger partial charge is 0.244 e. The molecule has 0 aliphatic carbocycles. The molecule has 2 rings (SSSR count). The van der Waals surface area contributed by atoms with Crippen molar-refractivity contribution < 1.29 is 27.5 Å². The molecule has 2 aromatic rings. The number of carbonyl (C=O) groups excluding carboxylic acids is 2. The molecule has 0 aliphatic rings. The Bertz CT molecular complexity index is 1090. The summed E-state index contributed by atoms with van der Waals surface area (Å²) in [5.41, 5.74) is 1.82. The fourth-order valence-electron chi connectivity index (χ4n) is 3.31. The molecule has 1 atom stereocenters. The molecule has 0 saturated heterocycles. The monoisotopic (exact) mass is 477 g/mol. The van der Waals surface area contributed by atoms with E-state index in [4.69, 9.17) is 9.47 Å². The molecule has 2 aromatic carbocycles. The molecule has 0 aliphatic heterocycles. The number of sulfonamides is 1. The second-order valence-corrected chi connectivity index (χ2v) is 9.51. The Morgan fingerprint density at radius 3 is 2.21 bits per heavy atom. The second kappa shape index (κ2) is 11.0. The van der Waals surface area contributed by atoms with Gasteiger partial charge in [0.25, 0.3) is 0 Å². The van der Waals surface area contributed by atoms with Crippen molar-refractivity contribution in [3.8, 4) is 11.5 Å². The van der Waals surface area contributed by atoms with Gasteiger partial charge in [-0.3, -0.25) is 13.9 Å². The van der Waals surface area contributed by atoms with E-state index in [1.807, 2.05) is 6.92 Å². The lowest BCUT2D eigenvalue weighted by molar-refractivity contribution is -0.139. The van der Waals surface area contributed by atoms with Gasteiger partial charge in [-0.1, -0.05) is 18.2 Å². The number of anilines is 1. The van der Waals surface area contributed by atoms with Gasteiger partial charge in [0, 0.05) is 13.6 Å². The van der Waals surface area contributed by atoms with Gasteiger partial charge in [-0.15, -0.1) is 0 Å². The zero-order valence-electron chi connectivity index (χ0n) is 19.8. The highest BCUT2D eigenvalue weighted by Gasteiger charge is 2.30. The van der Waals surface area contributed by atoms with Crippen molar-refractivity contribution in [2.45, 2.75) is 26.4 Å². The first kappa shape index (κ1) is 26.0. The summed E-state index contributed by atoms with van der Waals surface area (Å²) in [4.78, 5) is 27.1. The summed E-state index contributed by atoms with van der Waals surface area (Å²) in [6.45, 7) is 3.03. The maximum absolute atomic E-state index is 13.4. The molecule has 0 unspecified atom stereocenters. The van der Waals surface area contributed by atoms with Crippen LogP contribution in [0.3, 0.4) is 0 Å². The van der Waals surface area contributed by atoms with Gasteiger partial charge in [-0.25, -0.2) is 8.42 Å². The summed E-state index contributed by atoms with van der Waals surface area (Å²) in [5, 5.41) is 2.54. The van der Waals surface area contributed by atoms with Crippen LogP contribution >= 0.6 is 0 Å². The number of aryl methyl sites for hydroxylation is 1. The van der Waals surface area contributed by atoms with Crippen LogP contribution in [0.5, 0.6) is 11.5 Å². The Morgan fingerprint density at radius 1 is 1.06 bits per heavy atom. The summed E-state index contributed by atoms with van der Waals surface area (Å²) in [6.07, 6.45) is 1.03. The quantitative estimate of drug-likeness (QED) is 0.561. The van der Waals surface area contributed by atoms with Gasteiger partial charge < -0.3 is 19.7 Å². The zero-order valence-corrected chi connectivity index (χ0v) is 20.6. The van der Waals surface area contributed by atoms with Gasteiger partial charge in [0.1, 0.15) is 24.1 Å². The summed E-state index contributed by atoms with van der Waals surface area (Å²) in [5.74, 6) is 0.0810. The molecule has 0 spiro atoms. The lowest BCUT2D eigenvalue weighted by atomic mass is 10.1. The Labute approximate surface area is 195 Å². The minimum Gasteiger partial charge on any atom is -0.497 e. The lowest BCUT2D eigenvalue weighted by Gasteiger charge is -2.31. The second-order valence-electron chi connectivity index (χ2n) is 7.60. The average Bonchev–Trinajstić information content (AvgIpc) is 2.79. The maximum Gasteiger partial charge on any atom is 0.244 e. The van der Waals surface area contributed by atoms with Crippen LogP contribution in [0.25, 0.3) is 0 Å². The third-order valence-corrected chi connectivity index (χ3v) is 6.33. The van der Waals surface area contributed by atoms with E-state index in [0.717, 1.165) is 21.7 Å². The van der Waals surface area contributed by atoms with Crippen LogP contribution in [-0.4, -0.2) is 65.2 Å². The minimum atomic E-state index is -3.84. The average molecular weight is 478 g/mol. The first-order chi connectivity index (χ1) is 15.5. The van der Waals surface area contributed by atoms with Crippen molar-refractivity contribution in [1.29, 1.82) is 0 Å². The van der Waals surface area contributed by atoms with Crippen LogP contribution < -0.4 is 19.1 Å². The normalized spacial score (nSPS) is 11.9. The van der Waals surface area contributed by atoms with Crippen molar-refractivity contribution in [1.82, 2.24) is 10.2 Å². The van der Waals surface area contributed by atoms with Crippen molar-refractivity contribution in [3.05, 3.63) is 53.6 Å². The largest absolute Gasteiger partial charge is 0.497 e. The first-order valence-corrected chi connectivity index (χ1v) is 12.1. The van der Waals surface area contributed by atoms with E-state index in [2.05, 4.69) is 5.32 Å². The predicted octanol–water partition coefficient (Wildman–Crippen LogP) is 1.94. The fourth-order valence-corrected chi connectivity index (χ4v) is 4.15. The highest BCUT2D eigenvalue weighted by molar-refractivity contribution is 7.92. The molecule has 0 bridgehead atoms. The SMILES string of the molecule is CNC(=O)[C@@H](C)N(Cc1ccc(OC)cc1)C(=O)CN(c1cc(C)ccc1OC)S(C)(=O)=O. The van der Waals surface area contributed by atoms with Crippen LogP contribution in [0.2, 0.25) is 0 Å². The van der Waals surface area contributed by atoms with E-state index in [1.54, 1.807) is 56.5 Å². The van der Waals surface area contributed by atoms with Crippen LogP contribution in [0.4, 0.5) is 5.69 Å². The topological polar surface area (TPSA) is 105 Å². The third-order valence-electron chi connectivity index (χ3n) is 5.21. The highest BCUT2D eigenvalue weighted by Crippen LogP contribution is 2.31. The number of hydrogen-bond donors (Lipinski definition) is 1. The molecule has 2 amide bonds. The standard InChI is InChI=1S/C23H31N3O6S/c1-16-7-12-21(32-5)20(13-16)26(33(6,29)30)15-22(27)25(17(2)23(28)24-3)14-18-8-10-19(31-4)11-9-18/h7-13,17H,14-15H2,1-6H3,(H,24,28)/t17-/m1/s1. The number of ether oxygens (including phenoxy) is 2. The van der Waals surface area contributed by atoms with Crippen molar-refractivity contribution >= 4 is 27.5 Å². The Morgan fingerprint density at radius 2 is 1.70 bits per heavy atom. The number of benzene rings is 2. The van der Waals surface area contributed by atoms with Crippen LogP contribution in [0, 0.1) is 6.92 Å². The molecular formula is C23H31N3O6S. The molecule has 180 valence electrons. The van der Waals surface area contributed by atoms with Gasteiger partial charge in [0.15, 0.2) is 0 Å². The molecule has 9 nitrogen and oxygen atoms in total. The van der Waals surface area contributed by atoms with E-state index in [1.165, 1.54) is 19.1 Å². The number of carbonyl (C=O) groups is 2. The van der Waals surface area contributed by atoms with E-state index >= 15 is 0 Å². The summed E-state index contributed by atoms with van der Waals surface area (Å²) in [7, 11) is 0.625. The van der Waals surface area contributed by atoms with E-state index in [0.29, 0.717) is 11.5 Å². The molecule has 33 heavy (non-hydrogen) atoms. The number of amides is 2. The minimum absolute atomic E-state index is 0.111. The first-order valence-electron chi connectivity index (χ1n) is 10.3. The summed E-state index contributed by atoms with van der Waals surface area (Å²) in [6, 6.07) is 11.3. The number of hydrogen-bond acceptors (Lipinski definition) is 6. The number of nitrogens with zero attached hydrogens (tertiary/aromatic N) is 2. The van der Waals surface area contributed by atoms with E-state index in [-0.39, 0.29) is 18.1 Å². The van der Waals surface area contributed by atoms with Gasteiger partial charge >= 0.3 is 0 Å². The van der Waals surface area contributed by atoms with Crippen molar-refractivity contribution in [3.63, 3.8) is 0 Å². The van der Waals surface area contributed by atoms with Crippen molar-refractivity contribution in [2.75, 3.05) is 38.4 Å². The zero-order chi connectivity index (χ0) is 24.8. The van der Waals surface area contributed by atoms with Gasteiger partial charge in [-0.05, 0) is 49.2 Å². The Balaban J connectivity index is 2.44. The van der Waals surface area contributed by atoms with Gasteiger partial charge in [0.2, 0.25) is 21.8 Å². The molecule has 0 aromatic heterocycles. The molecule has 0 heterocycles. The number of methoxy groups -OCH3 is 2. The number of nitrogens with one attached hydrogen (secondary N) is 1. The van der Waals surface area contributed by atoms with Gasteiger partial charge in [0.05, 0.1) is 26.2 Å². The molecule has 10 heteroatoms. The van der Waals surface area contributed by atoms with Crippen LogP contribution in [0.1, 0.15) is 18.1 Å². The molecule has 0 radical (unpaired) electrons.